The molecular formula is C14H21FN4O. The van der Waals surface area contributed by atoms with Gasteiger partial charge in [0.05, 0.1) is 11.3 Å². The van der Waals surface area contributed by atoms with E-state index in [4.69, 9.17) is 10.9 Å². The molecule has 2 rings (SSSR count). The molecule has 0 radical (unpaired) electrons. The molecule has 0 saturated carbocycles. The number of piperidine rings is 1. The number of hydrogen-bond acceptors (Lipinski definition) is 4. The van der Waals surface area contributed by atoms with Crippen molar-refractivity contribution in [1.29, 1.82) is 0 Å². The van der Waals surface area contributed by atoms with E-state index in [0.717, 1.165) is 25.9 Å². The van der Waals surface area contributed by atoms with Crippen molar-refractivity contribution in [3.63, 3.8) is 0 Å². The molecule has 20 heavy (non-hydrogen) atoms. The molecule has 1 saturated heterocycles. The fourth-order valence-electron chi connectivity index (χ4n) is 2.70. The maximum Gasteiger partial charge on any atom is 0.175 e. The van der Waals surface area contributed by atoms with Crippen LogP contribution in [0.4, 0.5) is 10.1 Å². The molecule has 0 bridgehead atoms. The Labute approximate surface area is 118 Å². The molecule has 110 valence electrons. The highest BCUT2D eigenvalue weighted by Crippen LogP contribution is 2.27. The highest BCUT2D eigenvalue weighted by Gasteiger charge is 2.24. The second-order valence-corrected chi connectivity index (χ2v) is 5.30. The smallest absolute Gasteiger partial charge is 0.175 e. The number of oxime groups is 1. The van der Waals surface area contributed by atoms with Gasteiger partial charge < -0.3 is 20.7 Å². The van der Waals surface area contributed by atoms with Crippen LogP contribution in [0.15, 0.2) is 23.4 Å². The fraction of sp³-hybridized carbons (Fsp3) is 0.500. The molecule has 5 nitrogen and oxygen atoms in total. The Kier molecular flexibility index (Phi) is 4.44. The van der Waals surface area contributed by atoms with Gasteiger partial charge in [0.15, 0.2) is 5.84 Å². The Morgan fingerprint density at radius 1 is 1.40 bits per heavy atom. The molecular weight excluding hydrogens is 259 g/mol. The van der Waals surface area contributed by atoms with Gasteiger partial charge in [0, 0.05) is 19.1 Å². The monoisotopic (exact) mass is 280 g/mol. The van der Waals surface area contributed by atoms with Crippen molar-refractivity contribution in [3.05, 3.63) is 29.6 Å². The molecule has 1 fully saturated rings. The van der Waals surface area contributed by atoms with E-state index >= 15 is 0 Å². The normalized spacial score (nSPS) is 17.8. The first-order chi connectivity index (χ1) is 9.54. The summed E-state index contributed by atoms with van der Waals surface area (Å²) in [6.07, 6.45) is 2.03. The Morgan fingerprint density at radius 3 is 2.60 bits per heavy atom. The molecule has 1 aliphatic heterocycles. The molecule has 0 aliphatic carbocycles. The molecule has 3 N–H and O–H groups in total. The number of halogens is 1. The van der Waals surface area contributed by atoms with Crippen molar-refractivity contribution in [2.24, 2.45) is 10.9 Å². The lowest BCUT2D eigenvalue weighted by atomic mass is 10.0. The second kappa shape index (κ2) is 6.09. The van der Waals surface area contributed by atoms with Crippen molar-refractivity contribution in [2.75, 3.05) is 32.1 Å². The fourth-order valence-corrected chi connectivity index (χ4v) is 2.70. The number of hydrogen-bond donors (Lipinski definition) is 2. The quantitative estimate of drug-likeness (QED) is 0.381. The first-order valence-corrected chi connectivity index (χ1v) is 6.72. The number of nitrogens with zero attached hydrogens (tertiary/aromatic N) is 3. The zero-order valence-corrected chi connectivity index (χ0v) is 11.9. The topological polar surface area (TPSA) is 65.1 Å². The van der Waals surface area contributed by atoms with Crippen LogP contribution >= 0.6 is 0 Å². The van der Waals surface area contributed by atoms with Gasteiger partial charge in [0.25, 0.3) is 0 Å². The SMILES string of the molecule is CN(C)C1CCN(c2cccc(F)c2C(N)=NO)CC1. The van der Waals surface area contributed by atoms with Crippen LogP contribution < -0.4 is 10.6 Å². The van der Waals surface area contributed by atoms with E-state index in [1.54, 1.807) is 6.07 Å². The van der Waals surface area contributed by atoms with Crippen LogP contribution in [0, 0.1) is 5.82 Å². The second-order valence-electron chi connectivity index (χ2n) is 5.30. The van der Waals surface area contributed by atoms with Crippen LogP contribution in [0.2, 0.25) is 0 Å². The lowest BCUT2D eigenvalue weighted by molar-refractivity contribution is 0.249. The zero-order chi connectivity index (χ0) is 14.7. The predicted molar refractivity (Wildman–Crippen MR) is 77.8 cm³/mol. The summed E-state index contributed by atoms with van der Waals surface area (Å²) in [6.45, 7) is 1.66. The van der Waals surface area contributed by atoms with Crippen LogP contribution in [0.3, 0.4) is 0 Å². The lowest BCUT2D eigenvalue weighted by Crippen LogP contribution is -2.42. The van der Waals surface area contributed by atoms with E-state index in [1.165, 1.54) is 6.07 Å². The maximum atomic E-state index is 13.9. The standard InChI is InChI=1S/C14H21FN4O/c1-18(2)10-6-8-19(9-7-10)12-5-3-4-11(15)13(12)14(16)17-20/h3-5,10,20H,6-9H2,1-2H3,(H2,16,17). The highest BCUT2D eigenvalue weighted by molar-refractivity contribution is 6.02. The first kappa shape index (κ1) is 14.6. The van der Waals surface area contributed by atoms with E-state index in [2.05, 4.69) is 29.1 Å². The van der Waals surface area contributed by atoms with Crippen molar-refractivity contribution in [1.82, 2.24) is 4.90 Å². The average molecular weight is 280 g/mol. The molecule has 0 atom stereocenters. The summed E-state index contributed by atoms with van der Waals surface area (Å²) in [5.41, 5.74) is 6.47. The van der Waals surface area contributed by atoms with Gasteiger partial charge in [-0.1, -0.05) is 11.2 Å². The number of amidine groups is 1. The van der Waals surface area contributed by atoms with Crippen LogP contribution in [-0.4, -0.2) is 49.2 Å². The summed E-state index contributed by atoms with van der Waals surface area (Å²) in [6, 6.07) is 5.33. The third-order valence-electron chi connectivity index (χ3n) is 3.89. The van der Waals surface area contributed by atoms with Crippen LogP contribution in [0.1, 0.15) is 18.4 Å². The van der Waals surface area contributed by atoms with Gasteiger partial charge in [-0.15, -0.1) is 0 Å². The van der Waals surface area contributed by atoms with E-state index in [-0.39, 0.29) is 11.4 Å². The van der Waals surface area contributed by atoms with Crippen molar-refractivity contribution in [3.8, 4) is 0 Å². The molecule has 1 aromatic carbocycles. The van der Waals surface area contributed by atoms with Gasteiger partial charge in [-0.25, -0.2) is 4.39 Å². The highest BCUT2D eigenvalue weighted by atomic mass is 19.1. The molecule has 1 heterocycles. The van der Waals surface area contributed by atoms with E-state index in [0.29, 0.717) is 11.7 Å². The van der Waals surface area contributed by atoms with Gasteiger partial charge in [0.2, 0.25) is 0 Å². The summed E-state index contributed by atoms with van der Waals surface area (Å²) >= 11 is 0. The van der Waals surface area contributed by atoms with Gasteiger partial charge in [0.1, 0.15) is 5.82 Å². The average Bonchev–Trinajstić information content (AvgIpc) is 2.46. The largest absolute Gasteiger partial charge is 0.409 e. The van der Waals surface area contributed by atoms with Gasteiger partial charge in [-0.05, 0) is 39.1 Å². The maximum absolute atomic E-state index is 13.9. The minimum absolute atomic E-state index is 0.179. The van der Waals surface area contributed by atoms with Gasteiger partial charge in [-0.3, -0.25) is 0 Å². The Hall–Kier alpha value is -1.82. The predicted octanol–water partition coefficient (Wildman–Crippen LogP) is 1.45. The van der Waals surface area contributed by atoms with E-state index < -0.39 is 5.82 Å². The number of nitrogens with two attached hydrogens (primary N) is 1. The van der Waals surface area contributed by atoms with Crippen molar-refractivity contribution in [2.45, 2.75) is 18.9 Å². The Morgan fingerprint density at radius 2 is 2.05 bits per heavy atom. The third kappa shape index (κ3) is 2.85. The molecule has 0 aromatic heterocycles. The first-order valence-electron chi connectivity index (χ1n) is 6.72. The minimum atomic E-state index is -0.465. The van der Waals surface area contributed by atoms with Crippen molar-refractivity contribution >= 4 is 11.5 Å². The van der Waals surface area contributed by atoms with Crippen molar-refractivity contribution < 1.29 is 9.60 Å². The van der Waals surface area contributed by atoms with E-state index in [9.17, 15) is 4.39 Å². The minimum Gasteiger partial charge on any atom is -0.409 e. The summed E-state index contributed by atoms with van der Waals surface area (Å²) in [7, 11) is 4.15. The summed E-state index contributed by atoms with van der Waals surface area (Å²) < 4.78 is 13.9. The number of rotatable bonds is 3. The lowest BCUT2D eigenvalue weighted by Gasteiger charge is -2.37. The Balaban J connectivity index is 2.24. The van der Waals surface area contributed by atoms with Gasteiger partial charge in [-0.2, -0.15) is 0 Å². The van der Waals surface area contributed by atoms with E-state index in [1.807, 2.05) is 6.07 Å². The molecule has 1 aromatic rings. The Bertz CT molecular complexity index is 496. The number of anilines is 1. The van der Waals surface area contributed by atoms with Crippen LogP contribution in [0.5, 0.6) is 0 Å². The molecule has 0 amide bonds. The van der Waals surface area contributed by atoms with Crippen LogP contribution in [-0.2, 0) is 0 Å². The summed E-state index contributed by atoms with van der Waals surface area (Å²) in [5, 5.41) is 11.8. The summed E-state index contributed by atoms with van der Waals surface area (Å²) in [5.74, 6) is -0.652. The van der Waals surface area contributed by atoms with Crippen LogP contribution in [0.25, 0.3) is 0 Å². The number of benzene rings is 1. The molecule has 0 spiro atoms. The summed E-state index contributed by atoms with van der Waals surface area (Å²) in [4.78, 5) is 4.31. The molecule has 1 aliphatic rings. The van der Waals surface area contributed by atoms with Gasteiger partial charge >= 0.3 is 0 Å². The molecule has 0 unspecified atom stereocenters. The zero-order valence-electron chi connectivity index (χ0n) is 11.9. The third-order valence-corrected chi connectivity index (χ3v) is 3.89. The molecule has 6 heteroatoms.